The number of benzene rings is 2. The summed E-state index contributed by atoms with van der Waals surface area (Å²) in [6, 6.07) is 11.5. The van der Waals surface area contributed by atoms with Crippen molar-refractivity contribution < 1.29 is 23.9 Å². The molecule has 0 radical (unpaired) electrons. The molecule has 5 rings (SSSR count). The molecule has 0 saturated carbocycles. The van der Waals surface area contributed by atoms with Crippen molar-refractivity contribution in [3.63, 3.8) is 0 Å². The first kappa shape index (κ1) is 21.0. The maximum Gasteiger partial charge on any atom is 0.285 e. The maximum atomic E-state index is 12.5. The van der Waals surface area contributed by atoms with Gasteiger partial charge in [-0.1, -0.05) is 41.4 Å². The second-order valence-corrected chi connectivity index (χ2v) is 8.11. The van der Waals surface area contributed by atoms with E-state index in [0.29, 0.717) is 26.7 Å². The minimum Gasteiger partial charge on any atom is -0.342 e. The standard InChI is InChI=1S/C21H16Cl2N4O5/c22-13-5-6-17(18(23)7-13)21(10-26-12-24-11-25-26)30-8-14(32-21)9-31-27-19(28)15-3-1-2-4-16(15)20(27)29/h1-7,11-12,14H,8-10H2. The lowest BCUT2D eigenvalue weighted by molar-refractivity contribution is -0.201. The van der Waals surface area contributed by atoms with Gasteiger partial charge < -0.3 is 9.47 Å². The molecule has 2 amide bonds. The Morgan fingerprint density at radius 3 is 2.53 bits per heavy atom. The maximum absolute atomic E-state index is 12.5. The Morgan fingerprint density at radius 2 is 1.88 bits per heavy atom. The van der Waals surface area contributed by atoms with Crippen molar-refractivity contribution in [2.24, 2.45) is 0 Å². The van der Waals surface area contributed by atoms with Crippen LogP contribution in [0.5, 0.6) is 0 Å². The molecule has 3 aromatic rings. The van der Waals surface area contributed by atoms with Crippen LogP contribution in [-0.2, 0) is 26.6 Å². The molecule has 2 aliphatic heterocycles. The number of carbonyl (C=O) groups is 2. The van der Waals surface area contributed by atoms with Crippen LogP contribution in [-0.4, -0.2) is 51.0 Å². The van der Waals surface area contributed by atoms with Crippen LogP contribution in [0, 0.1) is 0 Å². The van der Waals surface area contributed by atoms with Crippen LogP contribution in [0.3, 0.4) is 0 Å². The van der Waals surface area contributed by atoms with E-state index in [4.69, 9.17) is 37.5 Å². The SMILES string of the molecule is O=C1c2ccccc2C(=O)N1OCC1COC(Cn2cncn2)(c2ccc(Cl)cc2Cl)O1. The molecule has 164 valence electrons. The van der Waals surface area contributed by atoms with Crippen molar-refractivity contribution in [2.45, 2.75) is 18.4 Å². The average molecular weight is 475 g/mol. The summed E-state index contributed by atoms with van der Waals surface area (Å²) in [6.45, 7) is 0.213. The van der Waals surface area contributed by atoms with Crippen molar-refractivity contribution in [3.05, 3.63) is 81.9 Å². The lowest BCUT2D eigenvalue weighted by Crippen LogP contribution is -2.36. The fourth-order valence-corrected chi connectivity index (χ4v) is 4.28. The number of imide groups is 1. The molecule has 11 heteroatoms. The largest absolute Gasteiger partial charge is 0.342 e. The van der Waals surface area contributed by atoms with E-state index >= 15 is 0 Å². The molecule has 0 N–H and O–H groups in total. The normalized spacial score (nSPS) is 22.6. The third kappa shape index (κ3) is 3.68. The van der Waals surface area contributed by atoms with Crippen molar-refractivity contribution in [3.8, 4) is 0 Å². The number of ether oxygens (including phenoxy) is 2. The summed E-state index contributed by atoms with van der Waals surface area (Å²) in [6.07, 6.45) is 2.34. The number of rotatable bonds is 6. The van der Waals surface area contributed by atoms with Gasteiger partial charge in [0, 0.05) is 10.6 Å². The predicted molar refractivity (Wildman–Crippen MR) is 112 cm³/mol. The van der Waals surface area contributed by atoms with E-state index in [0.717, 1.165) is 5.06 Å². The molecular weight excluding hydrogens is 459 g/mol. The van der Waals surface area contributed by atoms with E-state index in [-0.39, 0.29) is 19.8 Å². The van der Waals surface area contributed by atoms with Crippen molar-refractivity contribution in [2.75, 3.05) is 13.2 Å². The molecule has 2 atom stereocenters. The van der Waals surface area contributed by atoms with Gasteiger partial charge in [-0.25, -0.2) is 9.67 Å². The summed E-state index contributed by atoms with van der Waals surface area (Å²) < 4.78 is 13.8. The number of fused-ring (bicyclic) bond motifs is 1. The molecule has 0 bridgehead atoms. The molecule has 0 spiro atoms. The fraction of sp³-hybridized carbons (Fsp3) is 0.238. The summed E-state index contributed by atoms with van der Waals surface area (Å²) >= 11 is 12.5. The Hall–Kier alpha value is -2.82. The van der Waals surface area contributed by atoms with Gasteiger partial charge in [0.2, 0.25) is 5.79 Å². The first-order chi connectivity index (χ1) is 15.5. The Kier molecular flexibility index (Phi) is 5.44. The van der Waals surface area contributed by atoms with Gasteiger partial charge in [0.1, 0.15) is 31.9 Å². The number of halogens is 2. The van der Waals surface area contributed by atoms with Crippen molar-refractivity contribution >= 4 is 35.0 Å². The molecule has 1 saturated heterocycles. The average Bonchev–Trinajstić information content (AvgIpc) is 3.49. The van der Waals surface area contributed by atoms with Gasteiger partial charge in [0.15, 0.2) is 0 Å². The molecule has 2 aliphatic rings. The zero-order valence-electron chi connectivity index (χ0n) is 16.5. The predicted octanol–water partition coefficient (Wildman–Crippen LogP) is 3.08. The van der Waals surface area contributed by atoms with E-state index in [9.17, 15) is 9.59 Å². The number of hydrogen-bond acceptors (Lipinski definition) is 7. The van der Waals surface area contributed by atoms with Crippen LogP contribution >= 0.6 is 23.2 Å². The van der Waals surface area contributed by atoms with E-state index in [1.165, 1.54) is 12.7 Å². The van der Waals surface area contributed by atoms with Crippen LogP contribution < -0.4 is 0 Å². The molecule has 3 heterocycles. The second-order valence-electron chi connectivity index (χ2n) is 7.27. The summed E-state index contributed by atoms with van der Waals surface area (Å²) in [5.74, 6) is -2.32. The zero-order valence-corrected chi connectivity index (χ0v) is 18.0. The Morgan fingerprint density at radius 1 is 1.12 bits per heavy atom. The summed E-state index contributed by atoms with van der Waals surface area (Å²) in [4.78, 5) is 34.5. The molecule has 1 aromatic heterocycles. The first-order valence-electron chi connectivity index (χ1n) is 9.67. The third-order valence-corrected chi connectivity index (χ3v) is 5.73. The van der Waals surface area contributed by atoms with Crippen LogP contribution in [0.1, 0.15) is 26.3 Å². The number of carbonyl (C=O) groups excluding carboxylic acids is 2. The van der Waals surface area contributed by atoms with E-state index in [1.54, 1.807) is 47.1 Å². The minimum atomic E-state index is -1.29. The Balaban J connectivity index is 1.34. The lowest BCUT2D eigenvalue weighted by Gasteiger charge is -2.29. The van der Waals surface area contributed by atoms with E-state index in [2.05, 4.69) is 10.1 Å². The van der Waals surface area contributed by atoms with E-state index < -0.39 is 23.7 Å². The number of hydrogen-bond donors (Lipinski definition) is 0. The quantitative estimate of drug-likeness (QED) is 0.506. The van der Waals surface area contributed by atoms with Crippen molar-refractivity contribution in [1.82, 2.24) is 19.8 Å². The molecular formula is C21H16Cl2N4O5. The van der Waals surface area contributed by atoms with Crippen LogP contribution in [0.4, 0.5) is 0 Å². The van der Waals surface area contributed by atoms with Gasteiger partial charge in [-0.3, -0.25) is 14.4 Å². The van der Waals surface area contributed by atoms with Gasteiger partial charge in [0.25, 0.3) is 11.8 Å². The Labute approximate surface area is 192 Å². The van der Waals surface area contributed by atoms with E-state index in [1.807, 2.05) is 0 Å². The molecule has 32 heavy (non-hydrogen) atoms. The van der Waals surface area contributed by atoms with Crippen LogP contribution in [0.15, 0.2) is 55.1 Å². The second kappa shape index (κ2) is 8.27. The summed E-state index contributed by atoms with van der Waals surface area (Å²) in [7, 11) is 0. The first-order valence-corrected chi connectivity index (χ1v) is 10.4. The van der Waals surface area contributed by atoms with Gasteiger partial charge in [-0.05, 0) is 24.3 Å². The van der Waals surface area contributed by atoms with Gasteiger partial charge in [-0.2, -0.15) is 5.10 Å². The fourth-order valence-electron chi connectivity index (χ4n) is 3.72. The van der Waals surface area contributed by atoms with Gasteiger partial charge in [-0.15, -0.1) is 5.06 Å². The molecule has 2 unspecified atom stereocenters. The molecule has 1 fully saturated rings. The lowest BCUT2D eigenvalue weighted by atomic mass is 10.1. The highest BCUT2D eigenvalue weighted by Gasteiger charge is 2.46. The van der Waals surface area contributed by atoms with Crippen LogP contribution in [0.25, 0.3) is 0 Å². The summed E-state index contributed by atoms with van der Waals surface area (Å²) in [5, 5.41) is 5.70. The highest BCUT2D eigenvalue weighted by molar-refractivity contribution is 6.35. The third-order valence-electron chi connectivity index (χ3n) is 5.18. The number of amides is 2. The monoisotopic (exact) mass is 474 g/mol. The van der Waals surface area contributed by atoms with Crippen LogP contribution in [0.2, 0.25) is 10.0 Å². The minimum absolute atomic E-state index is 0.0875. The van der Waals surface area contributed by atoms with Crippen molar-refractivity contribution in [1.29, 1.82) is 0 Å². The highest BCUT2D eigenvalue weighted by atomic mass is 35.5. The molecule has 9 nitrogen and oxygen atoms in total. The topological polar surface area (TPSA) is 95.8 Å². The number of hydroxylamine groups is 2. The number of aromatic nitrogens is 3. The molecule has 0 aliphatic carbocycles. The van der Waals surface area contributed by atoms with Gasteiger partial charge in [0.05, 0.1) is 22.8 Å². The van der Waals surface area contributed by atoms with Gasteiger partial charge >= 0.3 is 0 Å². The number of nitrogens with zero attached hydrogens (tertiary/aromatic N) is 4. The Bertz CT molecular complexity index is 1150. The molecule has 2 aromatic carbocycles. The smallest absolute Gasteiger partial charge is 0.285 e. The highest BCUT2D eigenvalue weighted by Crippen LogP contribution is 2.40. The summed E-state index contributed by atoms with van der Waals surface area (Å²) in [5.41, 5.74) is 1.16. The zero-order chi connectivity index (χ0) is 22.3.